The minimum Gasteiger partial charge on any atom is -0.452 e. The van der Waals surface area contributed by atoms with Crippen molar-refractivity contribution in [1.29, 1.82) is 0 Å². The van der Waals surface area contributed by atoms with Crippen molar-refractivity contribution in [1.82, 2.24) is 25.4 Å². The molecule has 2 heterocycles. The number of benzene rings is 1. The number of fused-ring (bicyclic) bond motifs is 1. The standard InChI is InChI=1S/C20H23N5O3/c1-13(2)10-15-4-6-16(7-5-15)14(3)21-19(26)12-28-20(27)17-8-9-18-22-23-24-25(18)11-17/h4-9,11,13-14H,10,12H2,1-3H3,(H,21,26). The number of esters is 1. The van der Waals surface area contributed by atoms with Crippen LogP contribution in [-0.4, -0.2) is 38.5 Å². The summed E-state index contributed by atoms with van der Waals surface area (Å²) in [7, 11) is 0. The van der Waals surface area contributed by atoms with Crippen LogP contribution in [0.4, 0.5) is 0 Å². The highest BCUT2D eigenvalue weighted by atomic mass is 16.5. The third kappa shape index (κ3) is 4.91. The first-order valence-corrected chi connectivity index (χ1v) is 9.15. The Balaban J connectivity index is 1.51. The lowest BCUT2D eigenvalue weighted by Crippen LogP contribution is -2.31. The second-order valence-electron chi connectivity index (χ2n) is 7.10. The van der Waals surface area contributed by atoms with Crippen LogP contribution in [0, 0.1) is 5.92 Å². The van der Waals surface area contributed by atoms with Gasteiger partial charge in [0.1, 0.15) is 0 Å². The van der Waals surface area contributed by atoms with Gasteiger partial charge in [-0.3, -0.25) is 4.79 Å². The van der Waals surface area contributed by atoms with E-state index in [2.05, 4.69) is 46.8 Å². The summed E-state index contributed by atoms with van der Waals surface area (Å²) in [6.07, 6.45) is 2.48. The number of carbonyl (C=O) groups is 2. The lowest BCUT2D eigenvalue weighted by atomic mass is 10.00. The predicted octanol–water partition coefficient (Wildman–Crippen LogP) is 2.36. The zero-order chi connectivity index (χ0) is 20.1. The summed E-state index contributed by atoms with van der Waals surface area (Å²) in [4.78, 5) is 24.2. The van der Waals surface area contributed by atoms with Gasteiger partial charge < -0.3 is 10.1 Å². The SMILES string of the molecule is CC(C)Cc1ccc(C(C)NC(=O)COC(=O)c2ccc3nnnn3c2)cc1. The summed E-state index contributed by atoms with van der Waals surface area (Å²) in [5, 5.41) is 13.8. The first-order chi connectivity index (χ1) is 13.4. The maximum atomic E-state index is 12.1. The van der Waals surface area contributed by atoms with E-state index in [1.807, 2.05) is 19.1 Å². The van der Waals surface area contributed by atoms with Crippen LogP contribution in [0.15, 0.2) is 42.6 Å². The lowest BCUT2D eigenvalue weighted by molar-refractivity contribution is -0.124. The normalized spacial score (nSPS) is 12.1. The van der Waals surface area contributed by atoms with E-state index in [1.165, 1.54) is 16.3 Å². The van der Waals surface area contributed by atoms with Gasteiger partial charge >= 0.3 is 5.97 Å². The highest BCUT2D eigenvalue weighted by Gasteiger charge is 2.14. The molecule has 2 aromatic heterocycles. The van der Waals surface area contributed by atoms with E-state index in [0.29, 0.717) is 11.6 Å². The lowest BCUT2D eigenvalue weighted by Gasteiger charge is -2.15. The van der Waals surface area contributed by atoms with Crippen molar-refractivity contribution in [2.75, 3.05) is 6.61 Å². The molecule has 0 aliphatic heterocycles. The van der Waals surface area contributed by atoms with Crippen LogP contribution >= 0.6 is 0 Å². The average molecular weight is 381 g/mol. The van der Waals surface area contributed by atoms with Crippen molar-refractivity contribution >= 4 is 17.5 Å². The van der Waals surface area contributed by atoms with Gasteiger partial charge in [0.2, 0.25) is 0 Å². The third-order valence-electron chi connectivity index (χ3n) is 4.26. The molecular formula is C20H23N5O3. The first kappa shape index (κ1) is 19.5. The van der Waals surface area contributed by atoms with E-state index in [-0.39, 0.29) is 24.1 Å². The van der Waals surface area contributed by atoms with Gasteiger partial charge in [0.25, 0.3) is 5.91 Å². The highest BCUT2D eigenvalue weighted by Crippen LogP contribution is 2.15. The Bertz CT molecular complexity index is 965. The zero-order valence-corrected chi connectivity index (χ0v) is 16.1. The van der Waals surface area contributed by atoms with E-state index >= 15 is 0 Å². The van der Waals surface area contributed by atoms with Crippen molar-refractivity contribution in [2.24, 2.45) is 5.92 Å². The van der Waals surface area contributed by atoms with Crippen molar-refractivity contribution in [3.63, 3.8) is 0 Å². The molecule has 3 rings (SSSR count). The van der Waals surface area contributed by atoms with E-state index in [1.54, 1.807) is 12.1 Å². The smallest absolute Gasteiger partial charge is 0.340 e. The summed E-state index contributed by atoms with van der Waals surface area (Å²) in [6, 6.07) is 11.1. The second-order valence-corrected chi connectivity index (χ2v) is 7.10. The summed E-state index contributed by atoms with van der Waals surface area (Å²) in [5.41, 5.74) is 3.05. The Kier molecular flexibility index (Phi) is 5.98. The van der Waals surface area contributed by atoms with E-state index in [4.69, 9.17) is 4.74 Å². The van der Waals surface area contributed by atoms with Gasteiger partial charge in [0.15, 0.2) is 12.3 Å². The number of carbonyl (C=O) groups excluding carboxylic acids is 2. The van der Waals surface area contributed by atoms with Gasteiger partial charge in [-0.25, -0.2) is 4.79 Å². The number of amides is 1. The van der Waals surface area contributed by atoms with Crippen LogP contribution in [0.2, 0.25) is 0 Å². The minimum atomic E-state index is -0.613. The fraction of sp³-hybridized carbons (Fsp3) is 0.350. The Morgan fingerprint density at radius 3 is 2.57 bits per heavy atom. The number of nitrogens with one attached hydrogen (secondary N) is 1. The van der Waals surface area contributed by atoms with Crippen LogP contribution in [-0.2, 0) is 16.0 Å². The third-order valence-corrected chi connectivity index (χ3v) is 4.26. The van der Waals surface area contributed by atoms with Crippen LogP contribution in [0.1, 0.15) is 48.3 Å². The van der Waals surface area contributed by atoms with E-state index in [0.717, 1.165) is 12.0 Å². The van der Waals surface area contributed by atoms with Gasteiger partial charge in [-0.2, -0.15) is 4.52 Å². The predicted molar refractivity (Wildman–Crippen MR) is 103 cm³/mol. The Morgan fingerprint density at radius 1 is 1.11 bits per heavy atom. The Morgan fingerprint density at radius 2 is 1.86 bits per heavy atom. The van der Waals surface area contributed by atoms with Crippen LogP contribution in [0.3, 0.4) is 0 Å². The number of hydrogen-bond acceptors (Lipinski definition) is 6. The topological polar surface area (TPSA) is 98.5 Å². The summed E-state index contributed by atoms with van der Waals surface area (Å²) < 4.78 is 6.44. The molecule has 1 atom stereocenters. The molecule has 1 amide bonds. The molecule has 1 N–H and O–H groups in total. The molecule has 0 saturated carbocycles. The fourth-order valence-electron chi connectivity index (χ4n) is 2.86. The number of ether oxygens (including phenoxy) is 1. The van der Waals surface area contributed by atoms with Gasteiger partial charge in [0.05, 0.1) is 11.6 Å². The van der Waals surface area contributed by atoms with Gasteiger partial charge in [0, 0.05) is 6.20 Å². The van der Waals surface area contributed by atoms with Gasteiger partial charge in [-0.1, -0.05) is 38.1 Å². The molecule has 0 aliphatic carbocycles. The largest absolute Gasteiger partial charge is 0.452 e. The molecular weight excluding hydrogens is 358 g/mol. The highest BCUT2D eigenvalue weighted by molar-refractivity contribution is 5.91. The van der Waals surface area contributed by atoms with Crippen LogP contribution in [0.25, 0.3) is 5.65 Å². The van der Waals surface area contributed by atoms with Gasteiger partial charge in [-0.05, 0) is 52.9 Å². The molecule has 1 unspecified atom stereocenters. The van der Waals surface area contributed by atoms with Crippen molar-refractivity contribution in [3.05, 3.63) is 59.3 Å². The maximum absolute atomic E-state index is 12.1. The fourth-order valence-corrected chi connectivity index (χ4v) is 2.86. The second kappa shape index (κ2) is 8.60. The Hall–Kier alpha value is -3.29. The average Bonchev–Trinajstić information content (AvgIpc) is 3.14. The molecule has 8 nitrogen and oxygen atoms in total. The monoisotopic (exact) mass is 381 g/mol. The molecule has 1 aromatic carbocycles. The number of aromatic nitrogens is 4. The molecule has 0 saturated heterocycles. The van der Waals surface area contributed by atoms with Crippen molar-refractivity contribution < 1.29 is 14.3 Å². The molecule has 3 aromatic rings. The number of tetrazole rings is 1. The van der Waals surface area contributed by atoms with Gasteiger partial charge in [-0.15, -0.1) is 5.10 Å². The number of pyridine rings is 1. The molecule has 0 aliphatic rings. The summed E-state index contributed by atoms with van der Waals surface area (Å²) >= 11 is 0. The molecule has 0 bridgehead atoms. The summed E-state index contributed by atoms with van der Waals surface area (Å²) in [6.45, 7) is 5.89. The van der Waals surface area contributed by atoms with E-state index < -0.39 is 5.97 Å². The molecule has 0 fully saturated rings. The Labute approximate surface area is 162 Å². The molecule has 146 valence electrons. The number of nitrogens with zero attached hydrogens (tertiary/aromatic N) is 4. The molecule has 8 heteroatoms. The van der Waals surface area contributed by atoms with Crippen LogP contribution in [0.5, 0.6) is 0 Å². The number of hydrogen-bond donors (Lipinski definition) is 1. The van der Waals surface area contributed by atoms with Crippen molar-refractivity contribution in [3.8, 4) is 0 Å². The summed E-state index contributed by atoms with van der Waals surface area (Å²) in [5.74, 6) is -0.381. The first-order valence-electron chi connectivity index (χ1n) is 9.15. The van der Waals surface area contributed by atoms with E-state index in [9.17, 15) is 9.59 Å². The molecule has 0 spiro atoms. The van der Waals surface area contributed by atoms with Crippen LogP contribution < -0.4 is 5.32 Å². The minimum absolute atomic E-state index is 0.183. The maximum Gasteiger partial charge on any atom is 0.340 e. The zero-order valence-electron chi connectivity index (χ0n) is 16.1. The van der Waals surface area contributed by atoms with Crippen molar-refractivity contribution in [2.45, 2.75) is 33.2 Å². The molecule has 28 heavy (non-hydrogen) atoms. The quantitative estimate of drug-likeness (QED) is 0.631. The number of rotatable bonds is 7. The molecule has 0 radical (unpaired) electrons.